The second-order valence-electron chi connectivity index (χ2n) is 20.1. The first-order chi connectivity index (χ1) is 32.8. The molecule has 374 valence electrons. The average Bonchev–Trinajstić information content (AvgIpc) is 4.18. The molecule has 0 spiro atoms. The van der Waals surface area contributed by atoms with Gasteiger partial charge in [-0.2, -0.15) is 0 Å². The van der Waals surface area contributed by atoms with Gasteiger partial charge in [0.1, 0.15) is 53.7 Å². The average molecular weight is 976 g/mol. The van der Waals surface area contributed by atoms with Crippen molar-refractivity contribution in [2.24, 2.45) is 10.8 Å². The highest BCUT2D eigenvalue weighted by Gasteiger charge is 2.58. The summed E-state index contributed by atoms with van der Waals surface area (Å²) in [5, 5.41) is 10.6. The number of rotatable bonds is 13. The summed E-state index contributed by atoms with van der Waals surface area (Å²) in [6.45, 7) is 21.0. The van der Waals surface area contributed by atoms with E-state index in [0.29, 0.717) is 35.2 Å². The van der Waals surface area contributed by atoms with Crippen LogP contribution >= 0.6 is 8.53 Å². The number of nitrogens with zero attached hydrogens (tertiary/aromatic N) is 9. The number of benzene rings is 1. The number of ether oxygens (including phenoxy) is 6. The van der Waals surface area contributed by atoms with Crippen molar-refractivity contribution in [3.8, 4) is 0 Å². The van der Waals surface area contributed by atoms with E-state index >= 15 is 0 Å². The van der Waals surface area contributed by atoms with Crippen LogP contribution in [0.5, 0.6) is 0 Å². The van der Waals surface area contributed by atoms with Crippen LogP contribution in [0.3, 0.4) is 0 Å². The third kappa shape index (κ3) is 10.3. The Balaban J connectivity index is 0.000000205. The molecule has 9 rings (SSSR count). The first kappa shape index (κ1) is 50.7. The second kappa shape index (κ2) is 20.6. The standard InChI is InChI=1S/C30H40N5O6P.C18H26N4O5/c1-7-21-24(40-42-35-15-11-14-22(35)30(6,41-42)20-12-9-8-10-13-20)25(37-18-38-28(36)29(3,4)5)27(39-21)34-17-33-23-19(2)31-16-32-26(23)34;1-6-11-13(23)14(25-9-26-17(24)18(3,4)5)16(27-11)22-8-21-12-10(2)19-7-20-15(12)22/h8-10,12-13,16-17,21-22,24-25,27H,7,11,14-15,18H2,1-6H3;7-8,11,13-14,16,23H,6,9H2,1-5H3/t21-,22+,24+,25?,27-,30-,42+;11-,13+,14?,16-/m11/s1. The number of aryl methyl sites for hydroxylation is 2. The molecule has 0 amide bonds. The number of hydrogen-bond acceptors (Lipinski definition) is 18. The summed E-state index contributed by atoms with van der Waals surface area (Å²) < 4.78 is 55.1. The smallest absolute Gasteiger partial charge is 0.313 e. The number of hydrogen-bond donors (Lipinski definition) is 1. The van der Waals surface area contributed by atoms with Crippen LogP contribution in [-0.2, 0) is 52.7 Å². The third-order valence-corrected chi connectivity index (χ3v) is 14.9. The van der Waals surface area contributed by atoms with E-state index in [2.05, 4.69) is 72.7 Å². The molecule has 0 bridgehead atoms. The molecule has 20 nitrogen and oxygen atoms in total. The first-order valence-corrected chi connectivity index (χ1v) is 24.8. The van der Waals surface area contributed by atoms with Crippen molar-refractivity contribution in [1.29, 1.82) is 0 Å². The predicted molar refractivity (Wildman–Crippen MR) is 252 cm³/mol. The molecule has 2 unspecified atom stereocenters. The van der Waals surface area contributed by atoms with Crippen molar-refractivity contribution in [3.63, 3.8) is 0 Å². The summed E-state index contributed by atoms with van der Waals surface area (Å²) in [6.07, 6.45) is 5.04. The topological polar surface area (TPSA) is 219 Å². The van der Waals surface area contributed by atoms with Crippen LogP contribution in [0.2, 0.25) is 0 Å². The second-order valence-corrected chi connectivity index (χ2v) is 21.4. The highest BCUT2D eigenvalue weighted by Crippen LogP contribution is 2.64. The van der Waals surface area contributed by atoms with E-state index in [1.807, 2.05) is 52.2 Å². The summed E-state index contributed by atoms with van der Waals surface area (Å²) in [4.78, 5) is 50.6. The van der Waals surface area contributed by atoms with Gasteiger partial charge < -0.3 is 42.6 Å². The van der Waals surface area contributed by atoms with E-state index in [1.165, 1.54) is 12.7 Å². The lowest BCUT2D eigenvalue weighted by atomic mass is 9.87. The quantitative estimate of drug-likeness (QED) is 0.0704. The van der Waals surface area contributed by atoms with E-state index in [9.17, 15) is 14.7 Å². The van der Waals surface area contributed by atoms with Gasteiger partial charge in [-0.05, 0) is 93.6 Å². The lowest BCUT2D eigenvalue weighted by Gasteiger charge is -2.29. The first-order valence-electron chi connectivity index (χ1n) is 23.7. The fourth-order valence-electron chi connectivity index (χ4n) is 9.08. The maximum Gasteiger partial charge on any atom is 0.313 e. The van der Waals surface area contributed by atoms with E-state index in [-0.39, 0.29) is 37.7 Å². The Hall–Kier alpha value is -4.63. The van der Waals surface area contributed by atoms with Crippen LogP contribution in [0.4, 0.5) is 0 Å². The zero-order valence-electron chi connectivity index (χ0n) is 41.3. The van der Waals surface area contributed by atoms with Gasteiger partial charge in [0.15, 0.2) is 37.3 Å². The number of carbonyl (C=O) groups excluding carboxylic acids is 2. The normalized spacial score (nSPS) is 29.3. The fraction of sp³-hybridized carbons (Fsp3) is 0.625. The third-order valence-electron chi connectivity index (χ3n) is 13.1. The van der Waals surface area contributed by atoms with Gasteiger partial charge in [0.25, 0.3) is 8.53 Å². The highest BCUT2D eigenvalue weighted by molar-refractivity contribution is 7.45. The fourth-order valence-corrected chi connectivity index (χ4v) is 11.2. The SMILES string of the molecule is CC[C@H]1O[C@@H](n2cnc3c(C)ncnc32)C(OCOC(=O)C(C)(C)C)[C@H]1O.CC[C@H]1O[C@@H](n2cnc3c(C)ncnc32)C(OCOC(=O)C(C)(C)C)[C@H]1O[P@@]1O[C@](C)(c2ccccc2)[C@@H]2CCCN21. The summed E-state index contributed by atoms with van der Waals surface area (Å²) in [6, 6.07) is 10.6. The van der Waals surface area contributed by atoms with Crippen LogP contribution in [0, 0.1) is 24.7 Å². The molecular formula is C48H66N9O11P. The lowest BCUT2D eigenvalue weighted by Crippen LogP contribution is -2.38. The molecule has 11 atom stereocenters. The zero-order valence-corrected chi connectivity index (χ0v) is 42.2. The van der Waals surface area contributed by atoms with Gasteiger partial charge in [-0.15, -0.1) is 0 Å². The van der Waals surface area contributed by atoms with Gasteiger partial charge in [0.2, 0.25) is 0 Å². The molecule has 4 aromatic heterocycles. The molecule has 4 aliphatic heterocycles. The molecule has 8 heterocycles. The molecule has 5 aromatic rings. The zero-order chi connectivity index (χ0) is 49.4. The minimum atomic E-state index is -1.41. The molecule has 69 heavy (non-hydrogen) atoms. The van der Waals surface area contributed by atoms with Gasteiger partial charge in [0.05, 0.1) is 53.1 Å². The maximum atomic E-state index is 12.6. The minimum absolute atomic E-state index is 0.216. The molecule has 21 heteroatoms. The number of carbonyl (C=O) groups is 2. The van der Waals surface area contributed by atoms with Crippen molar-refractivity contribution in [2.45, 2.75) is 163 Å². The van der Waals surface area contributed by atoms with E-state index in [0.717, 1.165) is 36.3 Å². The Kier molecular flexibility index (Phi) is 15.2. The summed E-state index contributed by atoms with van der Waals surface area (Å²) in [5.41, 5.74) is 3.49. The number of aliphatic hydroxyl groups excluding tert-OH is 1. The summed E-state index contributed by atoms with van der Waals surface area (Å²) in [7, 11) is -1.41. The molecule has 1 N–H and O–H groups in total. The van der Waals surface area contributed by atoms with Crippen LogP contribution in [0.1, 0.15) is 117 Å². The molecule has 0 aliphatic carbocycles. The van der Waals surface area contributed by atoms with Crippen LogP contribution in [0.15, 0.2) is 55.6 Å². The van der Waals surface area contributed by atoms with Gasteiger partial charge in [-0.1, -0.05) is 44.2 Å². The number of aliphatic hydroxyl groups is 1. The number of esters is 2. The molecular weight excluding hydrogens is 910 g/mol. The van der Waals surface area contributed by atoms with Crippen molar-refractivity contribution in [1.82, 2.24) is 43.7 Å². The summed E-state index contributed by atoms with van der Waals surface area (Å²) in [5.74, 6) is -0.725. The Labute approximate surface area is 403 Å². The van der Waals surface area contributed by atoms with Crippen molar-refractivity contribution < 1.29 is 52.2 Å². The maximum absolute atomic E-state index is 12.6. The Morgan fingerprint density at radius 2 is 1.28 bits per heavy atom. The Morgan fingerprint density at radius 1 is 0.754 bits per heavy atom. The molecule has 0 radical (unpaired) electrons. The molecule has 1 aromatic carbocycles. The minimum Gasteiger partial charge on any atom is -0.438 e. The van der Waals surface area contributed by atoms with Crippen molar-refractivity contribution >= 4 is 42.8 Å². The van der Waals surface area contributed by atoms with Gasteiger partial charge in [-0.25, -0.2) is 34.6 Å². The lowest BCUT2D eigenvalue weighted by molar-refractivity contribution is -0.179. The van der Waals surface area contributed by atoms with E-state index in [1.54, 1.807) is 38.0 Å². The predicted octanol–water partition coefficient (Wildman–Crippen LogP) is 7.13. The Bertz CT molecular complexity index is 2570. The Morgan fingerprint density at radius 3 is 1.81 bits per heavy atom. The highest BCUT2D eigenvalue weighted by atomic mass is 31.2. The number of fused-ring (bicyclic) bond motifs is 3. The summed E-state index contributed by atoms with van der Waals surface area (Å²) >= 11 is 0. The van der Waals surface area contributed by atoms with Crippen molar-refractivity contribution in [2.75, 3.05) is 20.1 Å². The van der Waals surface area contributed by atoms with Gasteiger partial charge >= 0.3 is 11.9 Å². The monoisotopic (exact) mass is 975 g/mol. The van der Waals surface area contributed by atoms with E-state index < -0.39 is 67.9 Å². The van der Waals surface area contributed by atoms with Crippen LogP contribution < -0.4 is 0 Å². The van der Waals surface area contributed by atoms with Crippen LogP contribution in [-0.4, -0.2) is 124 Å². The molecule has 4 aliphatic rings. The van der Waals surface area contributed by atoms with Gasteiger partial charge in [-0.3, -0.25) is 18.7 Å². The molecule has 0 saturated carbocycles. The molecule has 4 saturated heterocycles. The molecule has 4 fully saturated rings. The van der Waals surface area contributed by atoms with Crippen molar-refractivity contribution in [3.05, 3.63) is 72.6 Å². The number of aromatic nitrogens is 8. The van der Waals surface area contributed by atoms with Gasteiger partial charge in [0, 0.05) is 6.54 Å². The van der Waals surface area contributed by atoms with Crippen LogP contribution in [0.25, 0.3) is 22.3 Å². The number of imidazole rings is 2. The van der Waals surface area contributed by atoms with E-state index in [4.69, 9.17) is 37.5 Å². The largest absolute Gasteiger partial charge is 0.438 e.